The molecular weight excluding hydrogens is 329 g/mol. The summed E-state index contributed by atoms with van der Waals surface area (Å²) in [4.78, 5) is 18.9. The summed E-state index contributed by atoms with van der Waals surface area (Å²) in [5, 5.41) is 0. The highest BCUT2D eigenvalue weighted by atomic mass is 19.1. The van der Waals surface area contributed by atoms with Crippen molar-refractivity contribution >= 4 is 22.5 Å². The number of amides is 1. The smallest absolute Gasteiger partial charge is 0.246 e. The minimum atomic E-state index is -0.288. The van der Waals surface area contributed by atoms with Crippen molar-refractivity contribution in [2.24, 2.45) is 0 Å². The molecule has 0 aliphatic heterocycles. The second-order valence-electron chi connectivity index (χ2n) is 6.29. The number of hydrogen-bond acceptors (Lipinski definition) is 2. The molecule has 1 heterocycles. The third-order valence-corrected chi connectivity index (χ3v) is 4.44. The maximum Gasteiger partial charge on any atom is 0.246 e. The van der Waals surface area contributed by atoms with Crippen molar-refractivity contribution in [3.05, 3.63) is 71.8 Å². The number of halogens is 1. The van der Waals surface area contributed by atoms with Gasteiger partial charge in [0.15, 0.2) is 0 Å². The normalized spacial score (nSPS) is 11.8. The molecule has 0 bridgehead atoms. The highest BCUT2D eigenvalue weighted by Crippen LogP contribution is 2.18. The average molecular weight is 351 g/mol. The largest absolute Gasteiger partial charge is 0.335 e. The van der Waals surface area contributed by atoms with Gasteiger partial charge in [-0.2, -0.15) is 0 Å². The van der Waals surface area contributed by atoms with Crippen LogP contribution in [0.1, 0.15) is 25.2 Å². The predicted octanol–water partition coefficient (Wildman–Crippen LogP) is 4.26. The molecular formula is C21H22FN3O. The number of nitrogens with zero attached hydrogens (tertiary/aromatic N) is 3. The SMILES string of the molecule is CCn1c(CN(C)C(=O)/C=C(/C)c2ccc(F)cc2)nc2ccccc21. The van der Waals surface area contributed by atoms with Crippen molar-refractivity contribution < 1.29 is 9.18 Å². The van der Waals surface area contributed by atoms with E-state index >= 15 is 0 Å². The second kappa shape index (κ2) is 7.52. The predicted molar refractivity (Wildman–Crippen MR) is 102 cm³/mol. The van der Waals surface area contributed by atoms with Gasteiger partial charge in [-0.1, -0.05) is 24.3 Å². The summed E-state index contributed by atoms with van der Waals surface area (Å²) >= 11 is 0. The summed E-state index contributed by atoms with van der Waals surface area (Å²) < 4.78 is 15.2. The van der Waals surface area contributed by atoms with E-state index < -0.39 is 0 Å². The lowest BCUT2D eigenvalue weighted by molar-refractivity contribution is -0.125. The molecule has 3 aromatic rings. The summed E-state index contributed by atoms with van der Waals surface area (Å²) in [6.07, 6.45) is 1.58. The fourth-order valence-corrected chi connectivity index (χ4v) is 2.98. The number of benzene rings is 2. The minimum absolute atomic E-state index is 0.110. The van der Waals surface area contributed by atoms with Crippen LogP contribution < -0.4 is 0 Å². The molecule has 0 saturated carbocycles. The van der Waals surface area contributed by atoms with E-state index in [1.54, 1.807) is 30.2 Å². The number of aromatic nitrogens is 2. The van der Waals surface area contributed by atoms with Gasteiger partial charge < -0.3 is 9.47 Å². The number of hydrogen-bond donors (Lipinski definition) is 0. The molecule has 4 nitrogen and oxygen atoms in total. The summed E-state index contributed by atoms with van der Waals surface area (Å²) in [7, 11) is 1.76. The lowest BCUT2D eigenvalue weighted by Gasteiger charge is -2.16. The maximum atomic E-state index is 13.0. The number of fused-ring (bicyclic) bond motifs is 1. The molecule has 0 atom stereocenters. The molecule has 0 fully saturated rings. The van der Waals surface area contributed by atoms with Crippen molar-refractivity contribution in [2.75, 3.05) is 7.05 Å². The van der Waals surface area contributed by atoms with Crippen LogP contribution in [0.15, 0.2) is 54.6 Å². The lowest BCUT2D eigenvalue weighted by Crippen LogP contribution is -2.26. The van der Waals surface area contributed by atoms with Crippen LogP contribution >= 0.6 is 0 Å². The fraction of sp³-hybridized carbons (Fsp3) is 0.238. The Hall–Kier alpha value is -2.95. The number of imidazole rings is 1. The standard InChI is InChI=1S/C21H22FN3O/c1-4-25-19-8-6-5-7-18(19)23-20(25)14-24(3)21(26)13-15(2)16-9-11-17(22)12-10-16/h5-13H,4,14H2,1-3H3/b15-13-. The summed E-state index contributed by atoms with van der Waals surface area (Å²) in [6.45, 7) is 5.13. The molecule has 1 aromatic heterocycles. The molecule has 1 amide bonds. The number of para-hydroxylation sites is 2. The monoisotopic (exact) mass is 351 g/mol. The molecule has 0 N–H and O–H groups in total. The molecule has 26 heavy (non-hydrogen) atoms. The van der Waals surface area contributed by atoms with Crippen LogP contribution in [0.25, 0.3) is 16.6 Å². The van der Waals surface area contributed by atoms with Crippen molar-refractivity contribution in [1.29, 1.82) is 0 Å². The number of allylic oxidation sites excluding steroid dienone is 1. The Morgan fingerprint density at radius 2 is 1.88 bits per heavy atom. The Balaban J connectivity index is 1.79. The first-order chi connectivity index (χ1) is 12.5. The van der Waals surface area contributed by atoms with E-state index in [0.29, 0.717) is 6.54 Å². The molecule has 2 aromatic carbocycles. The Morgan fingerprint density at radius 3 is 2.58 bits per heavy atom. The zero-order chi connectivity index (χ0) is 18.7. The van der Waals surface area contributed by atoms with Gasteiger partial charge in [0.1, 0.15) is 11.6 Å². The summed E-state index contributed by atoms with van der Waals surface area (Å²) in [5.41, 5.74) is 3.63. The Labute approximate surface area is 152 Å². The summed E-state index contributed by atoms with van der Waals surface area (Å²) in [5.74, 6) is 0.461. The molecule has 0 saturated heterocycles. The maximum absolute atomic E-state index is 13.0. The van der Waals surface area contributed by atoms with E-state index in [9.17, 15) is 9.18 Å². The van der Waals surface area contributed by atoms with Gasteiger partial charge in [-0.15, -0.1) is 0 Å². The van der Waals surface area contributed by atoms with Crippen LogP contribution in [0, 0.1) is 5.82 Å². The molecule has 0 unspecified atom stereocenters. The van der Waals surface area contributed by atoms with E-state index in [-0.39, 0.29) is 11.7 Å². The zero-order valence-electron chi connectivity index (χ0n) is 15.2. The lowest BCUT2D eigenvalue weighted by atomic mass is 10.1. The average Bonchev–Trinajstić information content (AvgIpc) is 2.99. The third-order valence-electron chi connectivity index (χ3n) is 4.44. The van der Waals surface area contributed by atoms with E-state index in [1.165, 1.54) is 12.1 Å². The first-order valence-electron chi connectivity index (χ1n) is 8.63. The van der Waals surface area contributed by atoms with E-state index in [0.717, 1.165) is 34.5 Å². The number of carbonyl (C=O) groups is 1. The first kappa shape index (κ1) is 17.9. The van der Waals surface area contributed by atoms with Gasteiger partial charge in [-0.05, 0) is 49.2 Å². The van der Waals surface area contributed by atoms with Crippen molar-refractivity contribution in [2.45, 2.75) is 26.9 Å². The highest BCUT2D eigenvalue weighted by molar-refractivity contribution is 5.94. The number of rotatable bonds is 5. The van der Waals surface area contributed by atoms with Crippen molar-refractivity contribution in [3.63, 3.8) is 0 Å². The fourth-order valence-electron chi connectivity index (χ4n) is 2.98. The van der Waals surface area contributed by atoms with E-state index in [4.69, 9.17) is 0 Å². The molecule has 0 aliphatic rings. The van der Waals surface area contributed by atoms with Gasteiger partial charge in [0, 0.05) is 19.7 Å². The van der Waals surface area contributed by atoms with Gasteiger partial charge in [-0.3, -0.25) is 4.79 Å². The van der Waals surface area contributed by atoms with Crippen LogP contribution in [-0.2, 0) is 17.9 Å². The van der Waals surface area contributed by atoms with Crippen molar-refractivity contribution in [3.8, 4) is 0 Å². The van der Waals surface area contributed by atoms with Gasteiger partial charge in [-0.25, -0.2) is 9.37 Å². The molecule has 3 rings (SSSR count). The van der Waals surface area contributed by atoms with Crippen molar-refractivity contribution in [1.82, 2.24) is 14.5 Å². The van der Waals surface area contributed by atoms with Gasteiger partial charge in [0.25, 0.3) is 0 Å². The first-order valence-corrected chi connectivity index (χ1v) is 8.63. The molecule has 0 spiro atoms. The van der Waals surface area contributed by atoms with Crippen LogP contribution in [0.3, 0.4) is 0 Å². The molecule has 0 aliphatic carbocycles. The zero-order valence-corrected chi connectivity index (χ0v) is 15.2. The van der Waals surface area contributed by atoms with Crippen LogP contribution in [0.2, 0.25) is 0 Å². The molecule has 5 heteroatoms. The molecule has 134 valence electrons. The number of aryl methyl sites for hydroxylation is 1. The molecule has 0 radical (unpaired) electrons. The highest BCUT2D eigenvalue weighted by Gasteiger charge is 2.14. The minimum Gasteiger partial charge on any atom is -0.335 e. The number of carbonyl (C=O) groups excluding carboxylic acids is 1. The van der Waals surface area contributed by atoms with Gasteiger partial charge in [0.05, 0.1) is 17.6 Å². The van der Waals surface area contributed by atoms with E-state index in [2.05, 4.69) is 16.5 Å². The second-order valence-corrected chi connectivity index (χ2v) is 6.29. The summed E-state index contributed by atoms with van der Waals surface area (Å²) in [6, 6.07) is 14.1. The third kappa shape index (κ3) is 3.67. The Morgan fingerprint density at radius 1 is 1.19 bits per heavy atom. The van der Waals surface area contributed by atoms with E-state index in [1.807, 2.05) is 31.2 Å². The van der Waals surface area contributed by atoms with Gasteiger partial charge >= 0.3 is 0 Å². The van der Waals surface area contributed by atoms with Crippen LogP contribution in [-0.4, -0.2) is 27.4 Å². The topological polar surface area (TPSA) is 38.1 Å². The van der Waals surface area contributed by atoms with Crippen LogP contribution in [0.5, 0.6) is 0 Å². The van der Waals surface area contributed by atoms with Crippen LogP contribution in [0.4, 0.5) is 4.39 Å². The number of likely N-dealkylation sites (N-methyl/N-ethyl adjacent to an activating group) is 1. The Bertz CT molecular complexity index is 957. The van der Waals surface area contributed by atoms with Gasteiger partial charge in [0.2, 0.25) is 5.91 Å². The quantitative estimate of drug-likeness (QED) is 0.644. The Kier molecular flexibility index (Phi) is 5.16.